The van der Waals surface area contributed by atoms with Crippen LogP contribution in [0.4, 0.5) is 9.59 Å². The number of nitrogens with zero attached hydrogens (tertiary/aromatic N) is 1. The lowest BCUT2D eigenvalue weighted by molar-refractivity contribution is 0.0457. The molecule has 27 heavy (non-hydrogen) atoms. The van der Waals surface area contributed by atoms with Crippen LogP contribution in [0.15, 0.2) is 30.3 Å². The molecule has 6 nitrogen and oxygen atoms in total. The van der Waals surface area contributed by atoms with Gasteiger partial charge in [0.1, 0.15) is 12.2 Å². The minimum atomic E-state index is -0.506. The molecule has 2 aliphatic rings. The number of rotatable bonds is 3. The van der Waals surface area contributed by atoms with E-state index in [0.29, 0.717) is 31.5 Å². The van der Waals surface area contributed by atoms with Gasteiger partial charge in [0, 0.05) is 18.6 Å². The fourth-order valence-corrected chi connectivity index (χ4v) is 4.25. The van der Waals surface area contributed by atoms with E-state index in [9.17, 15) is 9.59 Å². The Morgan fingerprint density at radius 1 is 1.15 bits per heavy atom. The summed E-state index contributed by atoms with van der Waals surface area (Å²) in [5, 5.41) is 3.04. The Morgan fingerprint density at radius 2 is 1.74 bits per heavy atom. The van der Waals surface area contributed by atoms with Gasteiger partial charge in [-0.2, -0.15) is 0 Å². The van der Waals surface area contributed by atoms with E-state index in [1.165, 1.54) is 0 Å². The lowest BCUT2D eigenvalue weighted by atomic mass is 9.98. The lowest BCUT2D eigenvalue weighted by Crippen LogP contribution is -2.47. The van der Waals surface area contributed by atoms with Crippen molar-refractivity contribution in [1.82, 2.24) is 10.2 Å². The number of alkyl carbamates (subject to hydrolysis) is 1. The Morgan fingerprint density at radius 3 is 2.30 bits per heavy atom. The first-order chi connectivity index (χ1) is 12.6. The van der Waals surface area contributed by atoms with Crippen LogP contribution in [0.1, 0.15) is 46.1 Å². The predicted molar refractivity (Wildman–Crippen MR) is 102 cm³/mol. The fraction of sp³-hybridized carbons (Fsp3) is 0.619. The summed E-state index contributed by atoms with van der Waals surface area (Å²) in [6, 6.07) is 9.69. The molecule has 2 fully saturated rings. The Kier molecular flexibility index (Phi) is 5.36. The van der Waals surface area contributed by atoms with Crippen LogP contribution in [-0.4, -0.2) is 41.3 Å². The van der Waals surface area contributed by atoms with Crippen LogP contribution < -0.4 is 5.32 Å². The van der Waals surface area contributed by atoms with Gasteiger partial charge in [0.2, 0.25) is 0 Å². The number of benzene rings is 1. The van der Waals surface area contributed by atoms with Gasteiger partial charge in [0.25, 0.3) is 0 Å². The van der Waals surface area contributed by atoms with Crippen LogP contribution in [0, 0.1) is 11.8 Å². The van der Waals surface area contributed by atoms with Crippen LogP contribution in [0.25, 0.3) is 0 Å². The van der Waals surface area contributed by atoms with Crippen LogP contribution in [0.3, 0.4) is 0 Å². The molecule has 3 rings (SSSR count). The first-order valence-corrected chi connectivity index (χ1v) is 9.60. The van der Waals surface area contributed by atoms with Crippen molar-refractivity contribution in [3.8, 4) is 0 Å². The monoisotopic (exact) mass is 374 g/mol. The topological polar surface area (TPSA) is 67.9 Å². The molecule has 1 saturated heterocycles. The van der Waals surface area contributed by atoms with Crippen molar-refractivity contribution in [3.05, 3.63) is 35.9 Å². The molecule has 0 spiro atoms. The van der Waals surface area contributed by atoms with E-state index in [4.69, 9.17) is 9.47 Å². The van der Waals surface area contributed by atoms with Crippen molar-refractivity contribution >= 4 is 12.2 Å². The SMILES string of the molecule is CC(C)(C)OC(=O)N[C@@]1(C)C[C@H]2CN(C(=O)OCc3ccccc3)C[C@H]2C1. The highest BCUT2D eigenvalue weighted by atomic mass is 16.6. The van der Waals surface area contributed by atoms with E-state index in [0.717, 1.165) is 18.4 Å². The standard InChI is InChI=1S/C21H30N2O4/c1-20(2,3)27-18(24)22-21(4)10-16-12-23(13-17(16)11-21)19(25)26-14-15-8-6-5-7-9-15/h5-9,16-17H,10-14H2,1-4H3,(H,22,24)/t16-,17+,21-. The summed E-state index contributed by atoms with van der Waals surface area (Å²) in [6.07, 6.45) is 1.07. The van der Waals surface area contributed by atoms with E-state index < -0.39 is 5.60 Å². The molecule has 6 heteroatoms. The first-order valence-electron chi connectivity index (χ1n) is 9.60. The van der Waals surface area contributed by atoms with Crippen LogP contribution in [-0.2, 0) is 16.1 Å². The quantitative estimate of drug-likeness (QED) is 0.870. The molecule has 1 aromatic carbocycles. The molecular weight excluding hydrogens is 344 g/mol. The van der Waals surface area contributed by atoms with Gasteiger partial charge in [-0.15, -0.1) is 0 Å². The summed E-state index contributed by atoms with van der Waals surface area (Å²) >= 11 is 0. The second kappa shape index (κ2) is 7.41. The van der Waals surface area contributed by atoms with Crippen molar-refractivity contribution in [1.29, 1.82) is 0 Å². The average Bonchev–Trinajstić information content (AvgIpc) is 3.06. The number of amides is 2. The normalized spacial score (nSPS) is 27.2. The highest BCUT2D eigenvalue weighted by Crippen LogP contribution is 2.44. The summed E-state index contributed by atoms with van der Waals surface area (Å²) in [6.45, 7) is 9.30. The molecule has 3 atom stereocenters. The zero-order valence-corrected chi connectivity index (χ0v) is 16.7. The predicted octanol–water partition coefficient (Wildman–Crippen LogP) is 3.95. The van der Waals surface area contributed by atoms with Crippen molar-refractivity contribution in [2.24, 2.45) is 11.8 Å². The maximum atomic E-state index is 12.4. The average molecular weight is 374 g/mol. The number of fused-ring (bicyclic) bond motifs is 1. The number of ether oxygens (including phenoxy) is 2. The second-order valence-electron chi connectivity index (χ2n) is 9.06. The zero-order chi connectivity index (χ0) is 19.7. The zero-order valence-electron chi connectivity index (χ0n) is 16.7. The van der Waals surface area contributed by atoms with Crippen molar-refractivity contribution in [3.63, 3.8) is 0 Å². The molecule has 1 aliphatic carbocycles. The van der Waals surface area contributed by atoms with E-state index in [2.05, 4.69) is 12.2 Å². The van der Waals surface area contributed by atoms with Crippen LogP contribution in [0.5, 0.6) is 0 Å². The Hall–Kier alpha value is -2.24. The number of carbonyl (C=O) groups excluding carboxylic acids is 2. The molecule has 0 aromatic heterocycles. The van der Waals surface area contributed by atoms with E-state index in [1.807, 2.05) is 51.1 Å². The molecule has 1 aromatic rings. The molecule has 2 amide bonds. The van der Waals surface area contributed by atoms with E-state index in [1.54, 1.807) is 4.90 Å². The minimum absolute atomic E-state index is 0.255. The summed E-state index contributed by atoms with van der Waals surface area (Å²) in [5.74, 6) is 0.767. The van der Waals surface area contributed by atoms with Crippen LogP contribution >= 0.6 is 0 Å². The minimum Gasteiger partial charge on any atom is -0.445 e. The molecule has 0 radical (unpaired) electrons. The van der Waals surface area contributed by atoms with Gasteiger partial charge in [0.05, 0.1) is 0 Å². The number of hydrogen-bond acceptors (Lipinski definition) is 4. The first kappa shape index (κ1) is 19.5. The molecule has 1 N–H and O–H groups in total. The van der Waals surface area contributed by atoms with Gasteiger partial charge in [-0.25, -0.2) is 9.59 Å². The highest BCUT2D eigenvalue weighted by Gasteiger charge is 2.49. The highest BCUT2D eigenvalue weighted by molar-refractivity contribution is 5.69. The number of nitrogens with one attached hydrogen (secondary N) is 1. The summed E-state index contributed by atoms with van der Waals surface area (Å²) in [4.78, 5) is 26.3. The molecular formula is C21H30N2O4. The van der Waals surface area contributed by atoms with Gasteiger partial charge in [-0.05, 0) is 57.9 Å². The van der Waals surface area contributed by atoms with E-state index >= 15 is 0 Å². The third kappa shape index (κ3) is 5.15. The van der Waals surface area contributed by atoms with Crippen molar-refractivity contribution in [2.45, 2.75) is 58.3 Å². The van der Waals surface area contributed by atoms with Gasteiger partial charge in [-0.1, -0.05) is 30.3 Å². The fourth-order valence-electron chi connectivity index (χ4n) is 4.25. The number of hydrogen-bond donors (Lipinski definition) is 1. The maximum absolute atomic E-state index is 12.4. The largest absolute Gasteiger partial charge is 0.445 e. The molecule has 1 heterocycles. The molecule has 0 unspecified atom stereocenters. The third-order valence-electron chi connectivity index (χ3n) is 5.27. The Balaban J connectivity index is 1.47. The number of likely N-dealkylation sites (tertiary alicyclic amines) is 1. The molecule has 1 saturated carbocycles. The summed E-state index contributed by atoms with van der Waals surface area (Å²) < 4.78 is 10.8. The van der Waals surface area contributed by atoms with Crippen LogP contribution in [0.2, 0.25) is 0 Å². The van der Waals surface area contributed by atoms with Gasteiger partial charge in [-0.3, -0.25) is 0 Å². The van der Waals surface area contributed by atoms with Gasteiger partial charge >= 0.3 is 12.2 Å². The smallest absolute Gasteiger partial charge is 0.410 e. The van der Waals surface area contributed by atoms with Crippen molar-refractivity contribution < 1.29 is 19.1 Å². The molecule has 0 bridgehead atoms. The van der Waals surface area contributed by atoms with Gasteiger partial charge in [0.15, 0.2) is 0 Å². The number of carbonyl (C=O) groups is 2. The van der Waals surface area contributed by atoms with Crippen molar-refractivity contribution in [2.75, 3.05) is 13.1 Å². The summed E-state index contributed by atoms with van der Waals surface area (Å²) in [7, 11) is 0. The molecule has 148 valence electrons. The lowest BCUT2D eigenvalue weighted by Gasteiger charge is -2.30. The summed E-state index contributed by atoms with van der Waals surface area (Å²) in [5.41, 5.74) is 0.200. The molecule has 1 aliphatic heterocycles. The van der Waals surface area contributed by atoms with E-state index in [-0.39, 0.29) is 17.7 Å². The Bertz CT molecular complexity index is 669. The Labute approximate surface area is 161 Å². The third-order valence-corrected chi connectivity index (χ3v) is 5.27. The maximum Gasteiger partial charge on any atom is 0.410 e. The second-order valence-corrected chi connectivity index (χ2v) is 9.06. The van der Waals surface area contributed by atoms with Gasteiger partial charge < -0.3 is 19.7 Å².